The Hall–Kier alpha value is -2.61. The first-order chi connectivity index (χ1) is 12.0. The highest BCUT2D eigenvalue weighted by Gasteiger charge is 2.24. The second-order valence-electron chi connectivity index (χ2n) is 6.78. The topological polar surface area (TPSA) is 105 Å². The molecule has 1 aromatic carbocycles. The van der Waals surface area contributed by atoms with Crippen LogP contribution in [-0.4, -0.2) is 34.9 Å². The van der Waals surface area contributed by atoms with Crippen molar-refractivity contribution in [1.29, 1.82) is 0 Å². The monoisotopic (exact) mass is 378 g/mol. The highest BCUT2D eigenvalue weighted by molar-refractivity contribution is 7.90. The Morgan fingerprint density at radius 2 is 1.77 bits per heavy atom. The van der Waals surface area contributed by atoms with Crippen LogP contribution < -0.4 is 5.32 Å². The van der Waals surface area contributed by atoms with Gasteiger partial charge in [0.15, 0.2) is 0 Å². The van der Waals surface area contributed by atoms with Crippen LogP contribution >= 0.6 is 0 Å². The lowest BCUT2D eigenvalue weighted by molar-refractivity contribution is -0.137. The molecule has 1 heterocycles. The van der Waals surface area contributed by atoms with Gasteiger partial charge in [0, 0.05) is 24.4 Å². The van der Waals surface area contributed by atoms with Crippen molar-refractivity contribution in [3.05, 3.63) is 53.9 Å². The van der Waals surface area contributed by atoms with Crippen molar-refractivity contribution in [2.75, 3.05) is 0 Å². The number of amides is 1. The first-order valence-corrected chi connectivity index (χ1v) is 9.50. The van der Waals surface area contributed by atoms with E-state index in [4.69, 9.17) is 5.11 Å². The molecule has 0 fully saturated rings. The molecule has 0 aliphatic rings. The Bertz CT molecular complexity index is 911. The fourth-order valence-corrected chi connectivity index (χ4v) is 3.55. The van der Waals surface area contributed by atoms with E-state index in [2.05, 4.69) is 5.32 Å². The molecule has 0 bridgehead atoms. The third-order valence-electron chi connectivity index (χ3n) is 3.94. The molecular formula is C18H22N2O5S. The van der Waals surface area contributed by atoms with Crippen LogP contribution in [0.1, 0.15) is 42.6 Å². The summed E-state index contributed by atoms with van der Waals surface area (Å²) in [7, 11) is -3.77. The van der Waals surface area contributed by atoms with E-state index in [1.165, 1.54) is 30.6 Å². The maximum atomic E-state index is 12.6. The molecule has 2 aromatic rings. The van der Waals surface area contributed by atoms with Gasteiger partial charge in [-0.15, -0.1) is 0 Å². The number of aliphatic carboxylic acids is 1. The third kappa shape index (κ3) is 4.72. The quantitative estimate of drug-likeness (QED) is 0.770. The van der Waals surface area contributed by atoms with Crippen LogP contribution in [-0.2, 0) is 14.8 Å². The van der Waals surface area contributed by atoms with Gasteiger partial charge in [0.25, 0.3) is 15.9 Å². The minimum atomic E-state index is -3.77. The van der Waals surface area contributed by atoms with Crippen molar-refractivity contribution < 1.29 is 23.1 Å². The molecular weight excluding hydrogens is 356 g/mol. The molecule has 0 aliphatic carbocycles. The fraction of sp³-hybridized carbons (Fsp3) is 0.333. The first-order valence-electron chi connectivity index (χ1n) is 8.06. The molecule has 0 unspecified atom stereocenters. The largest absolute Gasteiger partial charge is 0.481 e. The Morgan fingerprint density at radius 3 is 2.35 bits per heavy atom. The minimum absolute atomic E-state index is 0.0733. The van der Waals surface area contributed by atoms with Crippen molar-refractivity contribution in [3.63, 3.8) is 0 Å². The maximum absolute atomic E-state index is 12.6. The van der Waals surface area contributed by atoms with Crippen molar-refractivity contribution in [1.82, 2.24) is 9.29 Å². The summed E-state index contributed by atoms with van der Waals surface area (Å²) in [6.45, 7) is 5.29. The van der Waals surface area contributed by atoms with E-state index in [1.54, 1.807) is 26.0 Å². The fourth-order valence-electron chi connectivity index (χ4n) is 2.35. The zero-order valence-corrected chi connectivity index (χ0v) is 15.7. The van der Waals surface area contributed by atoms with E-state index >= 15 is 0 Å². The predicted octanol–water partition coefficient (Wildman–Crippen LogP) is 2.41. The second-order valence-corrected chi connectivity index (χ2v) is 8.62. The van der Waals surface area contributed by atoms with Gasteiger partial charge in [0.05, 0.1) is 10.5 Å². The summed E-state index contributed by atoms with van der Waals surface area (Å²) in [4.78, 5) is 23.2. The van der Waals surface area contributed by atoms with Gasteiger partial charge in [0.2, 0.25) is 0 Å². The van der Waals surface area contributed by atoms with E-state index < -0.39 is 27.4 Å². The number of carbonyl (C=O) groups excluding carboxylic acids is 1. The number of hydrogen-bond acceptors (Lipinski definition) is 4. The lowest BCUT2D eigenvalue weighted by Crippen LogP contribution is -2.43. The molecule has 0 saturated carbocycles. The summed E-state index contributed by atoms with van der Waals surface area (Å²) >= 11 is 0. The van der Waals surface area contributed by atoms with Gasteiger partial charge >= 0.3 is 5.97 Å². The summed E-state index contributed by atoms with van der Waals surface area (Å²) in [6.07, 6.45) is 2.75. The van der Waals surface area contributed by atoms with Crippen LogP contribution in [0.2, 0.25) is 0 Å². The smallest absolute Gasteiger partial charge is 0.303 e. The standard InChI is InChI=1S/C18H22N2O5S/c1-13-4-6-15(7-5-13)26(24,25)20-11-9-14(12-20)17(23)19-18(2,3)10-8-16(21)22/h4-7,9,11-12H,8,10H2,1-3H3,(H,19,23)(H,21,22). The number of nitrogens with one attached hydrogen (secondary N) is 1. The lowest BCUT2D eigenvalue weighted by Gasteiger charge is -2.25. The molecule has 2 N–H and O–H groups in total. The Kier molecular flexibility index (Phi) is 5.56. The van der Waals surface area contributed by atoms with Crippen LogP contribution in [0, 0.1) is 6.92 Å². The number of carbonyl (C=O) groups is 2. The second kappa shape index (κ2) is 7.33. The summed E-state index contributed by atoms with van der Waals surface area (Å²) in [5.41, 5.74) is 0.400. The van der Waals surface area contributed by atoms with E-state index in [-0.39, 0.29) is 23.3 Å². The number of aryl methyl sites for hydroxylation is 1. The van der Waals surface area contributed by atoms with Crippen LogP contribution in [0.15, 0.2) is 47.6 Å². The van der Waals surface area contributed by atoms with Crippen LogP contribution in [0.25, 0.3) is 0 Å². The van der Waals surface area contributed by atoms with Gasteiger partial charge in [-0.3, -0.25) is 9.59 Å². The number of hydrogen-bond donors (Lipinski definition) is 2. The van der Waals surface area contributed by atoms with Gasteiger partial charge in [0.1, 0.15) is 0 Å². The zero-order valence-electron chi connectivity index (χ0n) is 14.9. The van der Waals surface area contributed by atoms with E-state index in [1.807, 2.05) is 6.92 Å². The molecule has 8 heteroatoms. The zero-order chi connectivity index (χ0) is 19.5. The van der Waals surface area contributed by atoms with Crippen molar-refractivity contribution in [3.8, 4) is 0 Å². The number of nitrogens with zero attached hydrogens (tertiary/aromatic N) is 1. The molecule has 7 nitrogen and oxygen atoms in total. The SMILES string of the molecule is Cc1ccc(S(=O)(=O)n2ccc(C(=O)NC(C)(C)CCC(=O)O)c2)cc1. The molecule has 0 radical (unpaired) electrons. The molecule has 140 valence electrons. The Labute approximate surface area is 152 Å². The van der Waals surface area contributed by atoms with Crippen LogP contribution in [0.3, 0.4) is 0 Å². The van der Waals surface area contributed by atoms with Gasteiger partial charge in [-0.25, -0.2) is 12.4 Å². The number of carboxylic acids is 1. The molecule has 26 heavy (non-hydrogen) atoms. The molecule has 0 spiro atoms. The van der Waals surface area contributed by atoms with Crippen molar-refractivity contribution in [2.45, 2.75) is 44.0 Å². The summed E-state index contributed by atoms with van der Waals surface area (Å²) in [5, 5.41) is 11.5. The van der Waals surface area contributed by atoms with Gasteiger partial charge in [-0.1, -0.05) is 17.7 Å². The van der Waals surface area contributed by atoms with E-state index in [9.17, 15) is 18.0 Å². The Balaban J connectivity index is 2.17. The summed E-state index contributed by atoms with van der Waals surface area (Å²) < 4.78 is 26.2. The maximum Gasteiger partial charge on any atom is 0.303 e. The predicted molar refractivity (Wildman–Crippen MR) is 96.6 cm³/mol. The first kappa shape index (κ1) is 19.7. The number of benzene rings is 1. The third-order valence-corrected chi connectivity index (χ3v) is 5.59. The average molecular weight is 378 g/mol. The van der Waals surface area contributed by atoms with Crippen LogP contribution in [0.5, 0.6) is 0 Å². The molecule has 0 saturated heterocycles. The summed E-state index contributed by atoms with van der Waals surface area (Å²) in [5.74, 6) is -1.40. The number of rotatable bonds is 7. The molecule has 1 aromatic heterocycles. The number of carboxylic acid groups (broad SMARTS) is 1. The van der Waals surface area contributed by atoms with Crippen molar-refractivity contribution in [2.24, 2.45) is 0 Å². The lowest BCUT2D eigenvalue weighted by atomic mass is 9.98. The van der Waals surface area contributed by atoms with Crippen molar-refractivity contribution >= 4 is 21.9 Å². The summed E-state index contributed by atoms with van der Waals surface area (Å²) in [6, 6.07) is 7.84. The van der Waals surface area contributed by atoms with Gasteiger partial charge in [-0.05, 0) is 45.4 Å². The molecule has 0 atom stereocenters. The minimum Gasteiger partial charge on any atom is -0.481 e. The molecule has 1 amide bonds. The molecule has 0 aliphatic heterocycles. The van der Waals surface area contributed by atoms with Gasteiger partial charge in [-0.2, -0.15) is 0 Å². The van der Waals surface area contributed by atoms with Crippen LogP contribution in [0.4, 0.5) is 0 Å². The van der Waals surface area contributed by atoms with E-state index in [0.717, 1.165) is 9.54 Å². The Morgan fingerprint density at radius 1 is 1.15 bits per heavy atom. The van der Waals surface area contributed by atoms with Gasteiger partial charge < -0.3 is 10.4 Å². The molecule has 2 rings (SSSR count). The normalized spacial score (nSPS) is 12.0. The average Bonchev–Trinajstić information content (AvgIpc) is 3.04. The highest BCUT2D eigenvalue weighted by Crippen LogP contribution is 2.17. The number of aromatic nitrogens is 1. The van der Waals surface area contributed by atoms with E-state index in [0.29, 0.717) is 0 Å². The highest BCUT2D eigenvalue weighted by atomic mass is 32.2.